The molecule has 2 rings (SSSR count). The highest BCUT2D eigenvalue weighted by molar-refractivity contribution is 5.82. The minimum atomic E-state index is -0.609. The summed E-state index contributed by atoms with van der Waals surface area (Å²) < 4.78 is 0. The fourth-order valence-electron chi connectivity index (χ4n) is 2.28. The maximum Gasteiger partial charge on any atom is 0.112 e. The molecule has 0 fully saturated rings. The molecule has 0 unspecified atom stereocenters. The van der Waals surface area contributed by atoms with Crippen molar-refractivity contribution < 1.29 is 0 Å². The lowest BCUT2D eigenvalue weighted by Crippen LogP contribution is -2.28. The first kappa shape index (κ1) is 14.2. The maximum atomic E-state index is 9.04. The van der Waals surface area contributed by atoms with E-state index in [2.05, 4.69) is 33.9 Å². The largest absolute Gasteiger partial charge is 0.332 e. The van der Waals surface area contributed by atoms with Crippen molar-refractivity contribution in [1.82, 2.24) is 0 Å². The molecule has 0 saturated heterocycles. The second-order valence-electron chi connectivity index (χ2n) is 5.46. The van der Waals surface area contributed by atoms with Crippen LogP contribution < -0.4 is 4.90 Å². The second-order valence-corrected chi connectivity index (χ2v) is 5.46. The zero-order valence-electron chi connectivity index (χ0n) is 12.3. The van der Waals surface area contributed by atoms with Gasteiger partial charge in [-0.05, 0) is 44.4 Å². The standard InChI is InChI=1S/C17H19N3/c1-17(2,12-18)10-9-14-6-4-8-16-15(14)7-5-11-20(16)13-19-3/h4,6,8,13H,5,7,11H2,1-3H3. The van der Waals surface area contributed by atoms with Gasteiger partial charge in [-0.2, -0.15) is 5.26 Å². The average molecular weight is 265 g/mol. The van der Waals surface area contributed by atoms with E-state index in [1.54, 1.807) is 7.05 Å². The Kier molecular flexibility index (Phi) is 4.11. The van der Waals surface area contributed by atoms with E-state index < -0.39 is 5.41 Å². The molecule has 3 heteroatoms. The molecule has 0 saturated carbocycles. The van der Waals surface area contributed by atoms with Gasteiger partial charge in [-0.25, -0.2) is 0 Å². The van der Waals surface area contributed by atoms with Gasteiger partial charge >= 0.3 is 0 Å². The molecule has 0 spiro atoms. The molecule has 1 aromatic carbocycles. The molecule has 1 aliphatic rings. The van der Waals surface area contributed by atoms with E-state index in [-0.39, 0.29) is 0 Å². The van der Waals surface area contributed by atoms with Crippen molar-refractivity contribution in [2.45, 2.75) is 26.7 Å². The van der Waals surface area contributed by atoms with Crippen LogP contribution in [0.3, 0.4) is 0 Å². The van der Waals surface area contributed by atoms with Crippen LogP contribution in [-0.4, -0.2) is 19.9 Å². The van der Waals surface area contributed by atoms with Gasteiger partial charge < -0.3 is 4.90 Å². The van der Waals surface area contributed by atoms with E-state index in [0.29, 0.717) is 0 Å². The fourth-order valence-corrected chi connectivity index (χ4v) is 2.28. The van der Waals surface area contributed by atoms with Crippen LogP contribution in [0.2, 0.25) is 0 Å². The lowest BCUT2D eigenvalue weighted by molar-refractivity contribution is 0.673. The molecule has 0 aliphatic carbocycles. The number of anilines is 1. The Labute approximate surface area is 120 Å². The van der Waals surface area contributed by atoms with Gasteiger partial charge in [-0.1, -0.05) is 17.9 Å². The molecule has 1 aliphatic heterocycles. The Morgan fingerprint density at radius 3 is 2.90 bits per heavy atom. The van der Waals surface area contributed by atoms with Crippen molar-refractivity contribution in [3.05, 3.63) is 29.3 Å². The van der Waals surface area contributed by atoms with Crippen LogP contribution in [-0.2, 0) is 6.42 Å². The summed E-state index contributed by atoms with van der Waals surface area (Å²) in [6.45, 7) is 4.67. The van der Waals surface area contributed by atoms with Crippen molar-refractivity contribution in [3.63, 3.8) is 0 Å². The normalized spacial score (nSPS) is 14.4. The minimum Gasteiger partial charge on any atom is -0.332 e. The average Bonchev–Trinajstić information content (AvgIpc) is 2.46. The van der Waals surface area contributed by atoms with Crippen LogP contribution in [0.1, 0.15) is 31.4 Å². The van der Waals surface area contributed by atoms with Crippen molar-refractivity contribution in [3.8, 4) is 17.9 Å². The third kappa shape index (κ3) is 3.00. The predicted octanol–water partition coefficient (Wildman–Crippen LogP) is 3.00. The zero-order chi connectivity index (χ0) is 14.6. The number of hydrogen-bond acceptors (Lipinski definition) is 2. The number of nitrogens with zero attached hydrogens (tertiary/aromatic N) is 3. The molecule has 0 amide bonds. The molecule has 20 heavy (non-hydrogen) atoms. The quantitative estimate of drug-likeness (QED) is 0.445. The van der Waals surface area contributed by atoms with Gasteiger partial charge in [0.15, 0.2) is 0 Å². The minimum absolute atomic E-state index is 0.609. The van der Waals surface area contributed by atoms with Crippen molar-refractivity contribution in [1.29, 1.82) is 5.26 Å². The summed E-state index contributed by atoms with van der Waals surface area (Å²) in [4.78, 5) is 6.27. The molecular formula is C17H19N3. The lowest BCUT2D eigenvalue weighted by atomic mass is 9.93. The number of nitriles is 1. The predicted molar refractivity (Wildman–Crippen MR) is 82.8 cm³/mol. The molecule has 1 aromatic rings. The Balaban J connectivity index is 2.43. The van der Waals surface area contributed by atoms with Gasteiger partial charge in [-0.15, -0.1) is 0 Å². The molecule has 0 aromatic heterocycles. The van der Waals surface area contributed by atoms with Crippen LogP contribution in [0.5, 0.6) is 0 Å². The van der Waals surface area contributed by atoms with Gasteiger partial charge in [0.2, 0.25) is 0 Å². The number of fused-ring (bicyclic) bond motifs is 1. The summed E-state index contributed by atoms with van der Waals surface area (Å²) in [5, 5.41) is 9.04. The summed E-state index contributed by atoms with van der Waals surface area (Å²) in [7, 11) is 1.79. The van der Waals surface area contributed by atoms with Crippen LogP contribution >= 0.6 is 0 Å². The number of benzene rings is 1. The Hall–Kier alpha value is -2.26. The van der Waals surface area contributed by atoms with Gasteiger partial charge in [0.25, 0.3) is 0 Å². The SMILES string of the molecule is CN=CN1CCCc2c(C#CC(C)(C)C#N)cccc21. The van der Waals surface area contributed by atoms with Crippen LogP contribution in [0, 0.1) is 28.6 Å². The third-order valence-electron chi connectivity index (χ3n) is 3.33. The summed E-state index contributed by atoms with van der Waals surface area (Å²) in [5.41, 5.74) is 2.87. The lowest BCUT2D eigenvalue weighted by Gasteiger charge is -2.28. The number of aliphatic imine (C=N–C) groups is 1. The van der Waals surface area contributed by atoms with Crippen molar-refractivity contribution in [2.75, 3.05) is 18.5 Å². The monoisotopic (exact) mass is 265 g/mol. The highest BCUT2D eigenvalue weighted by Crippen LogP contribution is 2.28. The second kappa shape index (κ2) is 5.80. The molecular weight excluding hydrogens is 246 g/mol. The van der Waals surface area contributed by atoms with Crippen LogP contribution in [0.15, 0.2) is 23.2 Å². The maximum absolute atomic E-state index is 9.04. The smallest absolute Gasteiger partial charge is 0.112 e. The third-order valence-corrected chi connectivity index (χ3v) is 3.33. The highest BCUT2D eigenvalue weighted by atomic mass is 15.2. The van der Waals surface area contributed by atoms with Crippen LogP contribution in [0.25, 0.3) is 0 Å². The first-order valence-electron chi connectivity index (χ1n) is 6.82. The van der Waals surface area contributed by atoms with E-state index in [9.17, 15) is 0 Å². The summed E-state index contributed by atoms with van der Waals surface area (Å²) in [5.74, 6) is 6.24. The van der Waals surface area contributed by atoms with Gasteiger partial charge in [-0.3, -0.25) is 4.99 Å². The first-order chi connectivity index (χ1) is 9.57. The molecule has 3 nitrogen and oxygen atoms in total. The van der Waals surface area contributed by atoms with Crippen LogP contribution in [0.4, 0.5) is 5.69 Å². The molecule has 0 N–H and O–H groups in total. The van der Waals surface area contributed by atoms with Crippen molar-refractivity contribution >= 4 is 12.0 Å². The summed E-state index contributed by atoms with van der Waals surface area (Å²) >= 11 is 0. The Morgan fingerprint density at radius 1 is 1.40 bits per heavy atom. The fraction of sp³-hybridized carbons (Fsp3) is 0.412. The van der Waals surface area contributed by atoms with E-state index in [1.165, 1.54) is 11.3 Å². The highest BCUT2D eigenvalue weighted by Gasteiger charge is 2.18. The van der Waals surface area contributed by atoms with E-state index >= 15 is 0 Å². The zero-order valence-corrected chi connectivity index (χ0v) is 12.3. The summed E-state index contributed by atoms with van der Waals surface area (Å²) in [6.07, 6.45) is 4.00. The summed E-state index contributed by atoms with van der Waals surface area (Å²) in [6, 6.07) is 8.37. The molecule has 1 heterocycles. The molecule has 102 valence electrons. The number of rotatable bonds is 1. The topological polar surface area (TPSA) is 39.4 Å². The Bertz CT molecular complexity index is 624. The Morgan fingerprint density at radius 2 is 2.20 bits per heavy atom. The van der Waals surface area contributed by atoms with Gasteiger partial charge in [0, 0.05) is 24.8 Å². The van der Waals surface area contributed by atoms with Gasteiger partial charge in [0.05, 0.1) is 12.4 Å². The first-order valence-corrected chi connectivity index (χ1v) is 6.82. The molecule has 0 atom stereocenters. The van der Waals surface area contributed by atoms with E-state index in [1.807, 2.05) is 32.3 Å². The van der Waals surface area contributed by atoms with Crippen molar-refractivity contribution in [2.24, 2.45) is 10.4 Å². The van der Waals surface area contributed by atoms with Gasteiger partial charge in [0.1, 0.15) is 5.41 Å². The van der Waals surface area contributed by atoms with E-state index in [0.717, 1.165) is 24.9 Å². The molecule has 0 bridgehead atoms. The van der Waals surface area contributed by atoms with E-state index in [4.69, 9.17) is 5.26 Å². The number of hydrogen-bond donors (Lipinski definition) is 0. The molecule has 0 radical (unpaired) electrons.